The molecule has 33 heavy (non-hydrogen) atoms. The molecule has 4 rings (SSSR count). The van der Waals surface area contributed by atoms with E-state index < -0.39 is 0 Å². The molecule has 0 spiro atoms. The zero-order valence-corrected chi connectivity index (χ0v) is 19.5. The van der Waals surface area contributed by atoms with Crippen LogP contribution in [0.1, 0.15) is 36.0 Å². The van der Waals surface area contributed by atoms with Crippen molar-refractivity contribution in [3.8, 4) is 11.5 Å². The number of anilines is 1. The molecule has 2 heterocycles. The van der Waals surface area contributed by atoms with Gasteiger partial charge in [0.25, 0.3) is 5.91 Å². The second-order valence-corrected chi connectivity index (χ2v) is 8.78. The Morgan fingerprint density at radius 3 is 2.15 bits per heavy atom. The monoisotopic (exact) mass is 451 g/mol. The summed E-state index contributed by atoms with van der Waals surface area (Å²) < 4.78 is 10.4. The van der Waals surface area contributed by atoms with Gasteiger partial charge in [0, 0.05) is 36.3 Å². The minimum absolute atomic E-state index is 0.0399. The molecule has 0 atom stereocenters. The maximum absolute atomic E-state index is 12.9. The van der Waals surface area contributed by atoms with Crippen molar-refractivity contribution in [2.24, 2.45) is 5.92 Å². The maximum Gasteiger partial charge on any atom is 0.253 e. The molecule has 2 aromatic rings. The first-order valence-corrected chi connectivity index (χ1v) is 11.7. The smallest absolute Gasteiger partial charge is 0.253 e. The Kier molecular flexibility index (Phi) is 7.50. The highest BCUT2D eigenvalue weighted by molar-refractivity contribution is 5.94. The van der Waals surface area contributed by atoms with Crippen LogP contribution in [-0.2, 0) is 4.79 Å². The quantitative estimate of drug-likeness (QED) is 0.726. The van der Waals surface area contributed by atoms with Crippen molar-refractivity contribution < 1.29 is 19.1 Å². The molecule has 7 nitrogen and oxygen atoms in total. The number of likely N-dealkylation sites (tertiary alicyclic amines) is 2. The van der Waals surface area contributed by atoms with Crippen molar-refractivity contribution in [3.05, 3.63) is 54.1 Å². The van der Waals surface area contributed by atoms with Crippen LogP contribution in [0.3, 0.4) is 0 Å². The summed E-state index contributed by atoms with van der Waals surface area (Å²) in [7, 11) is 3.24. The number of hydrogen-bond donors (Lipinski definition) is 1. The molecule has 176 valence electrons. The third-order valence-electron chi connectivity index (χ3n) is 6.84. The molecule has 2 aromatic carbocycles. The number of hydrogen-bond acceptors (Lipinski definition) is 5. The fourth-order valence-electron chi connectivity index (χ4n) is 4.82. The van der Waals surface area contributed by atoms with E-state index in [1.54, 1.807) is 20.3 Å². The molecule has 2 saturated heterocycles. The number of nitrogens with one attached hydrogen (secondary N) is 1. The van der Waals surface area contributed by atoms with Crippen LogP contribution < -0.4 is 14.8 Å². The number of piperidine rings is 2. The van der Waals surface area contributed by atoms with E-state index in [1.807, 2.05) is 47.4 Å². The van der Waals surface area contributed by atoms with Gasteiger partial charge in [0.15, 0.2) is 0 Å². The van der Waals surface area contributed by atoms with Crippen molar-refractivity contribution in [2.75, 3.05) is 45.7 Å². The Labute approximate surface area is 195 Å². The van der Waals surface area contributed by atoms with Crippen LogP contribution in [0.25, 0.3) is 0 Å². The second-order valence-electron chi connectivity index (χ2n) is 8.78. The van der Waals surface area contributed by atoms with Crippen LogP contribution in [0, 0.1) is 5.92 Å². The molecule has 2 amide bonds. The topological polar surface area (TPSA) is 71.1 Å². The van der Waals surface area contributed by atoms with Gasteiger partial charge < -0.3 is 24.6 Å². The zero-order valence-electron chi connectivity index (χ0n) is 19.5. The first-order chi connectivity index (χ1) is 16.1. The van der Waals surface area contributed by atoms with E-state index in [9.17, 15) is 9.59 Å². The number of ether oxygens (including phenoxy) is 2. The molecule has 0 bridgehead atoms. The van der Waals surface area contributed by atoms with E-state index in [1.165, 1.54) is 0 Å². The Balaban J connectivity index is 1.22. The standard InChI is InChI=1S/C26H33N3O4/c1-32-23-8-6-21(7-9-23)27-25(30)19-10-14-28(15-11-19)22-12-16-29(17-13-22)26(31)20-4-3-5-24(18-20)33-2/h3-9,18-19,22H,10-17H2,1-2H3,(H,27,30). The summed E-state index contributed by atoms with van der Waals surface area (Å²) in [5.41, 5.74) is 1.48. The lowest BCUT2D eigenvalue weighted by molar-refractivity contribution is -0.121. The van der Waals surface area contributed by atoms with Crippen molar-refractivity contribution in [1.82, 2.24) is 9.80 Å². The van der Waals surface area contributed by atoms with Gasteiger partial charge in [-0.1, -0.05) is 6.07 Å². The SMILES string of the molecule is COc1ccc(NC(=O)C2CCN(C3CCN(C(=O)c4cccc(OC)c4)CC3)CC2)cc1. The third kappa shape index (κ3) is 5.66. The molecule has 2 aliphatic rings. The molecule has 0 aliphatic carbocycles. The summed E-state index contributed by atoms with van der Waals surface area (Å²) in [5.74, 6) is 1.69. The Hall–Kier alpha value is -3.06. The third-order valence-corrected chi connectivity index (χ3v) is 6.84. The van der Waals surface area contributed by atoms with Crippen LogP contribution >= 0.6 is 0 Å². The number of carbonyl (C=O) groups is 2. The number of nitrogens with zero attached hydrogens (tertiary/aromatic N) is 2. The zero-order chi connectivity index (χ0) is 23.2. The number of amides is 2. The molecule has 2 fully saturated rings. The lowest BCUT2D eigenvalue weighted by Crippen LogP contribution is -2.49. The summed E-state index contributed by atoms with van der Waals surface area (Å²) in [6, 6.07) is 15.3. The van der Waals surface area contributed by atoms with Gasteiger partial charge in [0.2, 0.25) is 5.91 Å². The van der Waals surface area contributed by atoms with Gasteiger partial charge in [-0.25, -0.2) is 0 Å². The number of methoxy groups -OCH3 is 2. The van der Waals surface area contributed by atoms with Crippen LogP contribution in [-0.4, -0.2) is 68.1 Å². The normalized spacial score (nSPS) is 18.1. The van der Waals surface area contributed by atoms with Gasteiger partial charge in [-0.05, 0) is 81.2 Å². The molecule has 0 unspecified atom stereocenters. The van der Waals surface area contributed by atoms with Gasteiger partial charge in [-0.2, -0.15) is 0 Å². The van der Waals surface area contributed by atoms with Crippen molar-refractivity contribution in [1.29, 1.82) is 0 Å². The largest absolute Gasteiger partial charge is 0.497 e. The van der Waals surface area contributed by atoms with Crippen LogP contribution in [0.2, 0.25) is 0 Å². The summed E-state index contributed by atoms with van der Waals surface area (Å²) >= 11 is 0. The number of rotatable bonds is 6. The van der Waals surface area contributed by atoms with E-state index in [2.05, 4.69) is 10.2 Å². The Morgan fingerprint density at radius 2 is 1.52 bits per heavy atom. The summed E-state index contributed by atoms with van der Waals surface area (Å²) in [6.07, 6.45) is 3.67. The van der Waals surface area contributed by atoms with Gasteiger partial charge in [0.05, 0.1) is 14.2 Å². The van der Waals surface area contributed by atoms with E-state index >= 15 is 0 Å². The van der Waals surface area contributed by atoms with Gasteiger partial charge in [0.1, 0.15) is 11.5 Å². The fourth-order valence-corrected chi connectivity index (χ4v) is 4.82. The first kappa shape index (κ1) is 23.1. The van der Waals surface area contributed by atoms with E-state index in [4.69, 9.17) is 9.47 Å². The molecule has 7 heteroatoms. The van der Waals surface area contributed by atoms with E-state index in [0.717, 1.165) is 63.3 Å². The molecule has 0 aromatic heterocycles. The highest BCUT2D eigenvalue weighted by atomic mass is 16.5. The summed E-state index contributed by atoms with van der Waals surface area (Å²) in [4.78, 5) is 30.0. The number of carbonyl (C=O) groups excluding carboxylic acids is 2. The van der Waals surface area contributed by atoms with Crippen molar-refractivity contribution in [2.45, 2.75) is 31.7 Å². The molecular weight excluding hydrogens is 418 g/mol. The minimum Gasteiger partial charge on any atom is -0.497 e. The highest BCUT2D eigenvalue weighted by Crippen LogP contribution is 2.26. The fraction of sp³-hybridized carbons (Fsp3) is 0.462. The average molecular weight is 452 g/mol. The molecule has 0 saturated carbocycles. The molecule has 2 aliphatic heterocycles. The van der Waals surface area contributed by atoms with Crippen LogP contribution in [0.4, 0.5) is 5.69 Å². The Bertz CT molecular complexity index is 946. The van der Waals surface area contributed by atoms with E-state index in [0.29, 0.717) is 17.4 Å². The highest BCUT2D eigenvalue weighted by Gasteiger charge is 2.32. The lowest BCUT2D eigenvalue weighted by atomic mass is 9.92. The second kappa shape index (κ2) is 10.7. The predicted octanol–water partition coefficient (Wildman–Crippen LogP) is 3.66. The Morgan fingerprint density at radius 1 is 0.848 bits per heavy atom. The molecular formula is C26H33N3O4. The number of benzene rings is 2. The van der Waals surface area contributed by atoms with Gasteiger partial charge in [-0.3, -0.25) is 9.59 Å². The summed E-state index contributed by atoms with van der Waals surface area (Å²) in [5, 5.41) is 3.03. The van der Waals surface area contributed by atoms with Crippen molar-refractivity contribution in [3.63, 3.8) is 0 Å². The van der Waals surface area contributed by atoms with Crippen molar-refractivity contribution >= 4 is 17.5 Å². The predicted molar refractivity (Wildman–Crippen MR) is 128 cm³/mol. The molecule has 1 N–H and O–H groups in total. The average Bonchev–Trinajstić information content (AvgIpc) is 2.89. The maximum atomic E-state index is 12.9. The lowest BCUT2D eigenvalue weighted by Gasteiger charge is -2.41. The minimum atomic E-state index is 0.0399. The van der Waals surface area contributed by atoms with Gasteiger partial charge in [-0.15, -0.1) is 0 Å². The first-order valence-electron chi connectivity index (χ1n) is 11.7. The molecule has 0 radical (unpaired) electrons. The van der Waals surface area contributed by atoms with E-state index in [-0.39, 0.29) is 17.7 Å². The van der Waals surface area contributed by atoms with Gasteiger partial charge >= 0.3 is 0 Å². The summed E-state index contributed by atoms with van der Waals surface area (Å²) in [6.45, 7) is 3.38. The van der Waals surface area contributed by atoms with Crippen LogP contribution in [0.15, 0.2) is 48.5 Å². The van der Waals surface area contributed by atoms with Crippen LogP contribution in [0.5, 0.6) is 11.5 Å².